The van der Waals surface area contributed by atoms with Crippen LogP contribution in [0.5, 0.6) is 0 Å². The smallest absolute Gasteiger partial charge is 0.310 e. The molecule has 0 aromatic heterocycles. The van der Waals surface area contributed by atoms with E-state index in [2.05, 4.69) is 0 Å². The summed E-state index contributed by atoms with van der Waals surface area (Å²) in [6.45, 7) is 0.248. The second-order valence-electron chi connectivity index (χ2n) is 4.67. The molecule has 0 saturated carbocycles. The Kier molecular flexibility index (Phi) is 4.99. The molecule has 0 spiro atoms. The topological polar surface area (TPSA) is 78.3 Å². The van der Waals surface area contributed by atoms with E-state index < -0.39 is 0 Å². The fraction of sp³-hybridized carbons (Fsp3) is 0.118. The Morgan fingerprint density at radius 2 is 1.52 bits per heavy atom. The lowest BCUT2D eigenvalue weighted by Gasteiger charge is -2.02. The third-order valence-corrected chi connectivity index (χ3v) is 2.92. The molecule has 0 heterocycles. The number of esters is 1. The Hall–Kier alpha value is -2.75. The Labute approximate surface area is 124 Å². The molecule has 0 bridgehead atoms. The summed E-state index contributed by atoms with van der Waals surface area (Å²) < 4.78 is 5.14. The Balaban J connectivity index is 1.76. The van der Waals surface area contributed by atoms with Gasteiger partial charge in [0.1, 0.15) is 6.61 Å². The van der Waals surface area contributed by atoms with Crippen LogP contribution in [-0.2, 0) is 16.0 Å². The summed E-state index contributed by atoms with van der Waals surface area (Å²) in [5, 5.41) is 0. The SMILES string of the molecule is Nc1ccc(C=CCOC(=O)Cc2ccc(N)cc2)cc1. The second-order valence-corrected chi connectivity index (χ2v) is 4.67. The van der Waals surface area contributed by atoms with E-state index in [4.69, 9.17) is 16.2 Å². The van der Waals surface area contributed by atoms with E-state index in [1.54, 1.807) is 18.2 Å². The predicted molar refractivity (Wildman–Crippen MR) is 85.4 cm³/mol. The zero-order chi connectivity index (χ0) is 15.1. The fourth-order valence-electron chi connectivity index (χ4n) is 1.79. The largest absolute Gasteiger partial charge is 0.461 e. The van der Waals surface area contributed by atoms with Crippen LogP contribution >= 0.6 is 0 Å². The molecule has 0 aliphatic carbocycles. The average Bonchev–Trinajstić information content (AvgIpc) is 2.48. The van der Waals surface area contributed by atoms with Gasteiger partial charge in [0.2, 0.25) is 0 Å². The first-order chi connectivity index (χ1) is 10.1. The average molecular weight is 282 g/mol. The van der Waals surface area contributed by atoms with E-state index in [1.807, 2.05) is 42.5 Å². The van der Waals surface area contributed by atoms with Crippen LogP contribution in [0.15, 0.2) is 54.6 Å². The van der Waals surface area contributed by atoms with Gasteiger partial charge in [-0.1, -0.05) is 30.3 Å². The molecule has 0 radical (unpaired) electrons. The van der Waals surface area contributed by atoms with E-state index in [0.717, 1.165) is 16.8 Å². The highest BCUT2D eigenvalue weighted by molar-refractivity contribution is 5.73. The van der Waals surface area contributed by atoms with E-state index in [0.29, 0.717) is 5.69 Å². The van der Waals surface area contributed by atoms with Gasteiger partial charge in [0.05, 0.1) is 6.42 Å². The molecule has 2 aromatic carbocycles. The quantitative estimate of drug-likeness (QED) is 0.652. The summed E-state index contributed by atoms with van der Waals surface area (Å²) >= 11 is 0. The Bertz CT molecular complexity index is 616. The third kappa shape index (κ3) is 5.03. The number of carbonyl (C=O) groups is 1. The van der Waals surface area contributed by atoms with Gasteiger partial charge in [0.15, 0.2) is 0 Å². The number of nitrogens with two attached hydrogens (primary N) is 2. The van der Waals surface area contributed by atoms with Gasteiger partial charge in [0, 0.05) is 11.4 Å². The molecule has 0 amide bonds. The number of hydrogen-bond acceptors (Lipinski definition) is 4. The van der Waals surface area contributed by atoms with Crippen molar-refractivity contribution in [2.75, 3.05) is 18.1 Å². The minimum atomic E-state index is -0.262. The number of ether oxygens (including phenoxy) is 1. The van der Waals surface area contributed by atoms with Crippen LogP contribution in [0.2, 0.25) is 0 Å². The molecule has 0 unspecified atom stereocenters. The second kappa shape index (κ2) is 7.14. The van der Waals surface area contributed by atoms with Crippen molar-refractivity contribution in [1.82, 2.24) is 0 Å². The highest BCUT2D eigenvalue weighted by Crippen LogP contribution is 2.08. The van der Waals surface area contributed by atoms with Crippen molar-refractivity contribution in [2.24, 2.45) is 0 Å². The number of anilines is 2. The van der Waals surface area contributed by atoms with Crippen molar-refractivity contribution in [2.45, 2.75) is 6.42 Å². The van der Waals surface area contributed by atoms with Crippen molar-refractivity contribution in [3.05, 3.63) is 65.7 Å². The summed E-state index contributed by atoms with van der Waals surface area (Å²) in [5.74, 6) is -0.262. The number of carbonyl (C=O) groups excluding carboxylic acids is 1. The zero-order valence-corrected chi connectivity index (χ0v) is 11.7. The van der Waals surface area contributed by atoms with Crippen molar-refractivity contribution in [1.29, 1.82) is 0 Å². The van der Waals surface area contributed by atoms with Crippen LogP contribution < -0.4 is 11.5 Å². The van der Waals surface area contributed by atoms with Gasteiger partial charge in [-0.25, -0.2) is 0 Å². The van der Waals surface area contributed by atoms with Crippen LogP contribution in [0.3, 0.4) is 0 Å². The first-order valence-corrected chi connectivity index (χ1v) is 6.65. The van der Waals surface area contributed by atoms with Gasteiger partial charge in [-0.2, -0.15) is 0 Å². The van der Waals surface area contributed by atoms with E-state index in [-0.39, 0.29) is 19.0 Å². The van der Waals surface area contributed by atoms with Gasteiger partial charge >= 0.3 is 5.97 Å². The maximum atomic E-state index is 11.6. The van der Waals surface area contributed by atoms with E-state index in [9.17, 15) is 4.79 Å². The molecule has 4 nitrogen and oxygen atoms in total. The van der Waals surface area contributed by atoms with Crippen LogP contribution in [0, 0.1) is 0 Å². The maximum Gasteiger partial charge on any atom is 0.310 e. The lowest BCUT2D eigenvalue weighted by molar-refractivity contribution is -0.141. The van der Waals surface area contributed by atoms with Crippen molar-refractivity contribution < 1.29 is 9.53 Å². The van der Waals surface area contributed by atoms with Crippen molar-refractivity contribution >= 4 is 23.4 Å². The Morgan fingerprint density at radius 1 is 0.952 bits per heavy atom. The van der Waals surface area contributed by atoms with Crippen LogP contribution in [0.1, 0.15) is 11.1 Å². The summed E-state index contributed by atoms with van der Waals surface area (Å²) in [5.41, 5.74) is 14.5. The molecule has 0 aliphatic heterocycles. The highest BCUT2D eigenvalue weighted by Gasteiger charge is 2.03. The minimum Gasteiger partial charge on any atom is -0.461 e. The van der Waals surface area contributed by atoms with Crippen LogP contribution in [0.4, 0.5) is 11.4 Å². The van der Waals surface area contributed by atoms with Crippen molar-refractivity contribution in [3.8, 4) is 0 Å². The molecule has 0 fully saturated rings. The number of hydrogen-bond donors (Lipinski definition) is 2. The fourth-order valence-corrected chi connectivity index (χ4v) is 1.79. The van der Waals surface area contributed by atoms with Crippen molar-refractivity contribution in [3.63, 3.8) is 0 Å². The molecule has 2 aromatic rings. The lowest BCUT2D eigenvalue weighted by atomic mass is 10.1. The monoisotopic (exact) mass is 282 g/mol. The molecule has 21 heavy (non-hydrogen) atoms. The first kappa shape index (κ1) is 14.7. The lowest BCUT2D eigenvalue weighted by Crippen LogP contribution is -2.07. The highest BCUT2D eigenvalue weighted by atomic mass is 16.5. The number of rotatable bonds is 5. The van der Waals surface area contributed by atoms with Gasteiger partial charge in [-0.3, -0.25) is 4.79 Å². The zero-order valence-electron chi connectivity index (χ0n) is 11.7. The number of nitrogen functional groups attached to an aromatic ring is 2. The molecule has 0 saturated heterocycles. The van der Waals surface area contributed by atoms with Gasteiger partial charge < -0.3 is 16.2 Å². The molecule has 0 aliphatic rings. The van der Waals surface area contributed by atoms with Gasteiger partial charge in [0.25, 0.3) is 0 Å². The molecule has 2 rings (SSSR count). The maximum absolute atomic E-state index is 11.6. The van der Waals surface area contributed by atoms with Gasteiger partial charge in [-0.05, 0) is 41.5 Å². The molecule has 4 heteroatoms. The first-order valence-electron chi connectivity index (χ1n) is 6.65. The van der Waals surface area contributed by atoms with Gasteiger partial charge in [-0.15, -0.1) is 0 Å². The van der Waals surface area contributed by atoms with E-state index in [1.165, 1.54) is 0 Å². The number of benzene rings is 2. The normalized spacial score (nSPS) is 10.7. The molecular formula is C17H18N2O2. The Morgan fingerprint density at radius 3 is 2.14 bits per heavy atom. The standard InChI is InChI=1S/C17H18N2O2/c18-15-7-3-13(4-8-15)2-1-11-21-17(20)12-14-5-9-16(19)10-6-14/h1-10H,11-12,18-19H2. The minimum absolute atomic E-state index is 0.246. The summed E-state index contributed by atoms with van der Waals surface area (Å²) in [7, 11) is 0. The summed E-state index contributed by atoms with van der Waals surface area (Å²) in [6, 6.07) is 14.6. The van der Waals surface area contributed by atoms with E-state index >= 15 is 0 Å². The molecule has 4 N–H and O–H groups in total. The summed E-state index contributed by atoms with van der Waals surface area (Å²) in [6.07, 6.45) is 3.93. The molecule has 108 valence electrons. The molecular weight excluding hydrogens is 264 g/mol. The van der Waals surface area contributed by atoms with Crippen LogP contribution in [0.25, 0.3) is 6.08 Å². The van der Waals surface area contributed by atoms with Crippen LogP contribution in [-0.4, -0.2) is 12.6 Å². The predicted octanol–water partition coefficient (Wildman–Crippen LogP) is 2.65. The molecule has 0 atom stereocenters. The third-order valence-electron chi connectivity index (χ3n) is 2.92. The summed E-state index contributed by atoms with van der Waals surface area (Å²) in [4.78, 5) is 11.6.